The van der Waals surface area contributed by atoms with Crippen molar-refractivity contribution in [1.82, 2.24) is 0 Å². The van der Waals surface area contributed by atoms with Gasteiger partial charge in [0.05, 0.1) is 9.95 Å². The molecule has 0 unspecified atom stereocenters. The Labute approximate surface area is 126 Å². The fourth-order valence-corrected chi connectivity index (χ4v) is 3.11. The highest BCUT2D eigenvalue weighted by molar-refractivity contribution is 7.87. The van der Waals surface area contributed by atoms with Gasteiger partial charge in [-0.1, -0.05) is 17.7 Å². The molecule has 2 aromatic rings. The van der Waals surface area contributed by atoms with E-state index in [0.29, 0.717) is 0 Å². The van der Waals surface area contributed by atoms with Crippen LogP contribution in [0.15, 0.2) is 47.4 Å². The maximum atomic E-state index is 12.1. The number of aryl methyl sites for hydroxylation is 1. The van der Waals surface area contributed by atoms with Crippen LogP contribution in [-0.2, 0) is 10.1 Å². The van der Waals surface area contributed by atoms with Crippen molar-refractivity contribution in [2.75, 3.05) is 0 Å². The number of hydrogen-bond donors (Lipinski definition) is 0. The largest absolute Gasteiger partial charge is 0.379 e. The van der Waals surface area contributed by atoms with E-state index < -0.39 is 15.0 Å². The number of nitro groups is 1. The quantitative estimate of drug-likeness (QED) is 0.488. The number of nitro benzene ring substituents is 1. The van der Waals surface area contributed by atoms with E-state index in [-0.39, 0.29) is 21.4 Å². The van der Waals surface area contributed by atoms with Crippen molar-refractivity contribution in [2.45, 2.75) is 11.8 Å². The van der Waals surface area contributed by atoms with Crippen LogP contribution < -0.4 is 4.18 Å². The topological polar surface area (TPSA) is 86.5 Å². The van der Waals surface area contributed by atoms with Crippen molar-refractivity contribution in [1.29, 1.82) is 0 Å². The molecule has 0 aliphatic heterocycles. The van der Waals surface area contributed by atoms with E-state index in [4.69, 9.17) is 15.8 Å². The van der Waals surface area contributed by atoms with Crippen molar-refractivity contribution in [3.05, 3.63) is 63.2 Å². The first-order chi connectivity index (χ1) is 9.79. The summed E-state index contributed by atoms with van der Waals surface area (Å²) in [6, 6.07) is 9.17. The highest BCUT2D eigenvalue weighted by Gasteiger charge is 2.20. The summed E-state index contributed by atoms with van der Waals surface area (Å²) < 4.78 is 29.1. The maximum Gasteiger partial charge on any atom is 0.340 e. The van der Waals surface area contributed by atoms with Crippen molar-refractivity contribution in [2.24, 2.45) is 0 Å². The SMILES string of the molecule is Cc1ccc(S(=O)(=O)Oc2ccc([N+](=O)[O-])cc2)c(Cl)c1. The number of rotatable bonds is 4. The van der Waals surface area contributed by atoms with Crippen molar-refractivity contribution >= 4 is 27.4 Å². The Bertz CT molecular complexity index is 787. The minimum Gasteiger partial charge on any atom is -0.379 e. The molecule has 0 atom stereocenters. The molecule has 0 bridgehead atoms. The first-order valence-corrected chi connectivity index (χ1v) is 7.53. The lowest BCUT2D eigenvalue weighted by Crippen LogP contribution is -2.10. The summed E-state index contributed by atoms with van der Waals surface area (Å²) >= 11 is 5.90. The average Bonchev–Trinajstić information content (AvgIpc) is 2.38. The fraction of sp³-hybridized carbons (Fsp3) is 0.0769. The fourth-order valence-electron chi connectivity index (χ4n) is 1.60. The molecule has 0 saturated carbocycles. The summed E-state index contributed by atoms with van der Waals surface area (Å²) in [7, 11) is -4.10. The molecular weight excluding hydrogens is 318 g/mol. The summed E-state index contributed by atoms with van der Waals surface area (Å²) in [5, 5.41) is 10.6. The highest BCUT2D eigenvalue weighted by atomic mass is 35.5. The molecule has 0 spiro atoms. The van der Waals surface area contributed by atoms with Gasteiger partial charge >= 0.3 is 10.1 Å². The molecule has 0 N–H and O–H groups in total. The molecule has 0 heterocycles. The average molecular weight is 328 g/mol. The molecule has 0 fully saturated rings. The highest BCUT2D eigenvalue weighted by Crippen LogP contribution is 2.26. The van der Waals surface area contributed by atoms with Crippen LogP contribution in [0.5, 0.6) is 5.75 Å². The molecule has 0 amide bonds. The smallest absolute Gasteiger partial charge is 0.340 e. The lowest BCUT2D eigenvalue weighted by atomic mass is 10.2. The van der Waals surface area contributed by atoms with Crippen LogP contribution >= 0.6 is 11.6 Å². The Hall–Kier alpha value is -2.12. The molecule has 0 aliphatic rings. The molecule has 21 heavy (non-hydrogen) atoms. The summed E-state index contributed by atoms with van der Waals surface area (Å²) in [6.07, 6.45) is 0. The molecule has 0 aliphatic carbocycles. The minimum atomic E-state index is -4.10. The van der Waals surface area contributed by atoms with E-state index in [0.717, 1.165) is 17.7 Å². The Morgan fingerprint density at radius 2 is 1.76 bits per heavy atom. The lowest BCUT2D eigenvalue weighted by molar-refractivity contribution is -0.384. The van der Waals surface area contributed by atoms with Gasteiger partial charge in [-0.05, 0) is 36.8 Å². The van der Waals surface area contributed by atoms with Crippen molar-refractivity contribution in [3.63, 3.8) is 0 Å². The third-order valence-electron chi connectivity index (χ3n) is 2.61. The lowest BCUT2D eigenvalue weighted by Gasteiger charge is -2.08. The van der Waals surface area contributed by atoms with Crippen molar-refractivity contribution in [3.8, 4) is 5.75 Å². The van der Waals surface area contributed by atoms with Gasteiger partial charge in [-0.3, -0.25) is 10.1 Å². The number of non-ortho nitro benzene ring substituents is 1. The van der Waals surface area contributed by atoms with E-state index in [2.05, 4.69) is 0 Å². The Morgan fingerprint density at radius 3 is 2.29 bits per heavy atom. The number of benzene rings is 2. The number of nitrogens with zero attached hydrogens (tertiary/aromatic N) is 1. The van der Waals surface area contributed by atoms with E-state index in [9.17, 15) is 18.5 Å². The third kappa shape index (κ3) is 3.50. The zero-order valence-corrected chi connectivity index (χ0v) is 12.4. The zero-order valence-electron chi connectivity index (χ0n) is 10.8. The minimum absolute atomic E-state index is 0.0303. The van der Waals surface area contributed by atoms with Crippen LogP contribution in [0.3, 0.4) is 0 Å². The van der Waals surface area contributed by atoms with Crippen LogP contribution in [0, 0.1) is 17.0 Å². The Balaban J connectivity index is 2.30. The number of halogens is 1. The normalized spacial score (nSPS) is 11.1. The maximum absolute atomic E-state index is 12.1. The monoisotopic (exact) mass is 327 g/mol. The van der Waals surface area contributed by atoms with Gasteiger partial charge in [-0.2, -0.15) is 8.42 Å². The van der Waals surface area contributed by atoms with Crippen LogP contribution in [0.1, 0.15) is 5.56 Å². The predicted molar refractivity (Wildman–Crippen MR) is 77.1 cm³/mol. The van der Waals surface area contributed by atoms with E-state index in [1.54, 1.807) is 13.0 Å². The molecule has 2 rings (SSSR count). The van der Waals surface area contributed by atoms with Gasteiger partial charge in [0.1, 0.15) is 10.6 Å². The van der Waals surface area contributed by atoms with Crippen LogP contribution in [0.4, 0.5) is 5.69 Å². The van der Waals surface area contributed by atoms with E-state index in [1.165, 1.54) is 24.3 Å². The number of hydrogen-bond acceptors (Lipinski definition) is 5. The molecular formula is C13H10ClNO5S. The van der Waals surface area contributed by atoms with Gasteiger partial charge in [-0.15, -0.1) is 0 Å². The van der Waals surface area contributed by atoms with Crippen LogP contribution in [0.2, 0.25) is 5.02 Å². The molecule has 0 aromatic heterocycles. The van der Waals surface area contributed by atoms with E-state index in [1.807, 2.05) is 0 Å². The van der Waals surface area contributed by atoms with Gasteiger partial charge in [0.2, 0.25) is 0 Å². The Morgan fingerprint density at radius 1 is 1.14 bits per heavy atom. The molecule has 2 aromatic carbocycles. The predicted octanol–water partition coefficient (Wildman–Crippen LogP) is 3.32. The van der Waals surface area contributed by atoms with Crippen LogP contribution in [0.25, 0.3) is 0 Å². The van der Waals surface area contributed by atoms with E-state index >= 15 is 0 Å². The van der Waals surface area contributed by atoms with Gasteiger partial charge < -0.3 is 4.18 Å². The second-order valence-electron chi connectivity index (χ2n) is 4.22. The standard InChI is InChI=1S/C13H10ClNO5S/c1-9-2-7-13(12(14)8-9)21(18,19)20-11-5-3-10(4-6-11)15(16)17/h2-8H,1H3. The van der Waals surface area contributed by atoms with Gasteiger partial charge in [0.15, 0.2) is 0 Å². The summed E-state index contributed by atoms with van der Waals surface area (Å²) in [5.41, 5.74) is 0.655. The first-order valence-electron chi connectivity index (χ1n) is 5.75. The van der Waals surface area contributed by atoms with Crippen LogP contribution in [-0.4, -0.2) is 13.3 Å². The van der Waals surface area contributed by atoms with Gasteiger partial charge in [-0.25, -0.2) is 0 Å². The second-order valence-corrected chi connectivity index (χ2v) is 6.14. The molecule has 110 valence electrons. The molecule has 0 saturated heterocycles. The molecule has 8 heteroatoms. The summed E-state index contributed by atoms with van der Waals surface area (Å²) in [6.45, 7) is 1.78. The second kappa shape index (κ2) is 5.71. The first kappa shape index (κ1) is 15.3. The molecule has 0 radical (unpaired) electrons. The Kier molecular flexibility index (Phi) is 4.15. The van der Waals surface area contributed by atoms with Gasteiger partial charge in [0, 0.05) is 12.1 Å². The summed E-state index contributed by atoms with van der Waals surface area (Å²) in [4.78, 5) is 9.78. The third-order valence-corrected chi connectivity index (χ3v) is 4.34. The molecule has 6 nitrogen and oxygen atoms in total. The summed E-state index contributed by atoms with van der Waals surface area (Å²) in [5.74, 6) is -0.0303. The van der Waals surface area contributed by atoms with Crippen molar-refractivity contribution < 1.29 is 17.5 Å². The zero-order chi connectivity index (χ0) is 15.6. The van der Waals surface area contributed by atoms with Gasteiger partial charge in [0.25, 0.3) is 5.69 Å².